The smallest absolute Gasteiger partial charge is 0.0714 e. The molecule has 0 aliphatic heterocycles. The van der Waals surface area contributed by atoms with Gasteiger partial charge in [-0.3, -0.25) is 0 Å². The molecule has 254 valence electrons. The predicted molar refractivity (Wildman–Crippen MR) is 227 cm³/mol. The Bertz CT molecular complexity index is 2710. The molecule has 0 saturated heterocycles. The van der Waals surface area contributed by atoms with Crippen LogP contribution in [-0.4, -0.2) is 0 Å². The van der Waals surface area contributed by atoms with Crippen molar-refractivity contribution >= 4 is 27.8 Å². The average molecular weight is 688 g/mol. The van der Waals surface area contributed by atoms with Crippen molar-refractivity contribution in [3.63, 3.8) is 0 Å². The molecule has 1 aliphatic carbocycles. The molecule has 10 rings (SSSR count). The number of nitrogens with zero attached hydrogens (tertiary/aromatic N) is 1. The zero-order valence-corrected chi connectivity index (χ0v) is 29.8. The minimum absolute atomic E-state index is 0.499. The van der Waals surface area contributed by atoms with Gasteiger partial charge in [0, 0.05) is 16.6 Å². The Balaban J connectivity index is 1.31. The van der Waals surface area contributed by atoms with E-state index in [0.29, 0.717) is 0 Å². The molecule has 0 atom stereocenters. The first kappa shape index (κ1) is 31.7. The van der Waals surface area contributed by atoms with Crippen LogP contribution in [0.3, 0.4) is 0 Å². The van der Waals surface area contributed by atoms with E-state index >= 15 is 0 Å². The van der Waals surface area contributed by atoms with E-state index < -0.39 is 5.41 Å². The largest absolute Gasteiger partial charge is 0.309 e. The minimum atomic E-state index is -0.499. The van der Waals surface area contributed by atoms with Crippen molar-refractivity contribution in [3.05, 3.63) is 247 Å². The molecule has 0 N–H and O–H groups in total. The molecule has 1 aliphatic rings. The fraction of sp³-hybridized carbons (Fsp3) is 0.0189. The zero-order valence-electron chi connectivity index (χ0n) is 29.8. The third-order valence-corrected chi connectivity index (χ3v) is 11.1. The number of benzene rings is 9. The van der Waals surface area contributed by atoms with E-state index in [1.165, 1.54) is 66.4 Å². The molecule has 0 fully saturated rings. The Labute approximate surface area is 317 Å². The standard InChI is InChI=1S/C53H37N/c1-5-19-38(20-6-1)44-36-35-43(37-47(44)40-21-7-2-8-22-40)54(50-33-17-24-39-23-13-14-29-45(39)50)51-34-18-32-49-52(51)46-30-15-16-31-48(46)53(49,41-25-9-3-10-26-41)42-27-11-4-12-28-42/h1-37H. The molecular formula is C53H37N. The highest BCUT2D eigenvalue weighted by Gasteiger charge is 2.47. The van der Waals surface area contributed by atoms with Crippen LogP contribution >= 0.6 is 0 Å². The molecular weight excluding hydrogens is 651 g/mol. The second kappa shape index (κ2) is 13.2. The highest BCUT2D eigenvalue weighted by Crippen LogP contribution is 2.59. The van der Waals surface area contributed by atoms with Crippen LogP contribution in [0.5, 0.6) is 0 Å². The number of fused-ring (bicyclic) bond motifs is 4. The summed E-state index contributed by atoms with van der Waals surface area (Å²) in [6.07, 6.45) is 0. The number of anilines is 3. The molecule has 1 heteroatoms. The van der Waals surface area contributed by atoms with E-state index in [1.807, 2.05) is 0 Å². The SMILES string of the molecule is c1ccc(-c2ccc(N(c3cccc4c3-c3ccccc3C4(c3ccccc3)c3ccccc3)c3cccc4ccccc34)cc2-c2ccccc2)cc1. The summed E-state index contributed by atoms with van der Waals surface area (Å²) in [7, 11) is 0. The van der Waals surface area contributed by atoms with Gasteiger partial charge in [0.2, 0.25) is 0 Å². The summed E-state index contributed by atoms with van der Waals surface area (Å²) in [6.45, 7) is 0. The van der Waals surface area contributed by atoms with Crippen LogP contribution in [0.4, 0.5) is 17.1 Å². The molecule has 0 saturated carbocycles. The molecule has 0 unspecified atom stereocenters. The van der Waals surface area contributed by atoms with E-state index in [-0.39, 0.29) is 0 Å². The second-order valence-corrected chi connectivity index (χ2v) is 14.0. The summed E-state index contributed by atoms with van der Waals surface area (Å²) in [5.74, 6) is 0. The topological polar surface area (TPSA) is 3.24 Å². The van der Waals surface area contributed by atoms with Crippen LogP contribution in [0.2, 0.25) is 0 Å². The van der Waals surface area contributed by atoms with Gasteiger partial charge < -0.3 is 4.90 Å². The van der Waals surface area contributed by atoms with E-state index in [0.717, 1.165) is 17.1 Å². The molecule has 0 bridgehead atoms. The van der Waals surface area contributed by atoms with Gasteiger partial charge in [-0.05, 0) is 79.7 Å². The van der Waals surface area contributed by atoms with Crippen LogP contribution < -0.4 is 4.90 Å². The van der Waals surface area contributed by atoms with E-state index in [2.05, 4.69) is 229 Å². The Hall–Kier alpha value is -6.96. The van der Waals surface area contributed by atoms with Crippen molar-refractivity contribution in [1.82, 2.24) is 0 Å². The number of rotatable bonds is 7. The molecule has 1 nitrogen and oxygen atoms in total. The molecule has 9 aromatic rings. The first-order chi connectivity index (χ1) is 26.8. The van der Waals surface area contributed by atoms with Gasteiger partial charge in [0.25, 0.3) is 0 Å². The Morgan fingerprint density at radius 2 is 0.852 bits per heavy atom. The summed E-state index contributed by atoms with van der Waals surface area (Å²) in [6, 6.07) is 82.0. The maximum atomic E-state index is 2.51. The van der Waals surface area contributed by atoms with Gasteiger partial charge in [-0.25, -0.2) is 0 Å². The molecule has 0 aromatic heterocycles. The fourth-order valence-electron chi connectivity index (χ4n) is 8.87. The normalized spacial score (nSPS) is 12.6. The predicted octanol–water partition coefficient (Wildman–Crippen LogP) is 14.0. The maximum Gasteiger partial charge on any atom is 0.0714 e. The molecule has 0 radical (unpaired) electrons. The van der Waals surface area contributed by atoms with Crippen LogP contribution in [-0.2, 0) is 5.41 Å². The molecule has 0 heterocycles. The van der Waals surface area contributed by atoms with Crippen LogP contribution in [0.25, 0.3) is 44.2 Å². The van der Waals surface area contributed by atoms with Gasteiger partial charge in [0.1, 0.15) is 0 Å². The van der Waals surface area contributed by atoms with Crippen LogP contribution in [0.1, 0.15) is 22.3 Å². The lowest BCUT2D eigenvalue weighted by Crippen LogP contribution is -2.28. The average Bonchev–Trinajstić information content (AvgIpc) is 3.57. The van der Waals surface area contributed by atoms with Crippen LogP contribution in [0.15, 0.2) is 224 Å². The summed E-state index contributed by atoms with van der Waals surface area (Å²) >= 11 is 0. The van der Waals surface area contributed by atoms with Gasteiger partial charge >= 0.3 is 0 Å². The molecule has 0 amide bonds. The summed E-state index contributed by atoms with van der Waals surface area (Å²) in [5, 5.41) is 2.41. The first-order valence-electron chi connectivity index (χ1n) is 18.7. The van der Waals surface area contributed by atoms with Gasteiger partial charge in [0.05, 0.1) is 16.8 Å². The first-order valence-corrected chi connectivity index (χ1v) is 18.7. The van der Waals surface area contributed by atoms with Crippen molar-refractivity contribution in [2.75, 3.05) is 4.90 Å². The van der Waals surface area contributed by atoms with E-state index in [1.54, 1.807) is 0 Å². The lowest BCUT2D eigenvalue weighted by atomic mass is 9.68. The van der Waals surface area contributed by atoms with Crippen LogP contribution in [0, 0.1) is 0 Å². The fourth-order valence-corrected chi connectivity index (χ4v) is 8.87. The third kappa shape index (κ3) is 5.01. The van der Waals surface area contributed by atoms with Gasteiger partial charge in [0.15, 0.2) is 0 Å². The summed E-state index contributed by atoms with van der Waals surface area (Å²) in [4.78, 5) is 2.51. The third-order valence-electron chi connectivity index (χ3n) is 11.1. The van der Waals surface area contributed by atoms with Gasteiger partial charge in [-0.2, -0.15) is 0 Å². The van der Waals surface area contributed by atoms with E-state index in [4.69, 9.17) is 0 Å². The van der Waals surface area contributed by atoms with Crippen molar-refractivity contribution in [2.24, 2.45) is 0 Å². The second-order valence-electron chi connectivity index (χ2n) is 14.0. The quantitative estimate of drug-likeness (QED) is 0.161. The Kier molecular flexibility index (Phi) is 7.78. The monoisotopic (exact) mass is 687 g/mol. The molecule has 9 aromatic carbocycles. The Morgan fingerprint density at radius 1 is 0.333 bits per heavy atom. The van der Waals surface area contributed by atoms with Crippen molar-refractivity contribution in [3.8, 4) is 33.4 Å². The minimum Gasteiger partial charge on any atom is -0.309 e. The zero-order chi connectivity index (χ0) is 35.9. The lowest BCUT2D eigenvalue weighted by molar-refractivity contribution is 0.768. The van der Waals surface area contributed by atoms with Gasteiger partial charge in [-0.15, -0.1) is 0 Å². The molecule has 0 spiro atoms. The molecule has 54 heavy (non-hydrogen) atoms. The maximum absolute atomic E-state index is 2.51. The lowest BCUT2D eigenvalue weighted by Gasteiger charge is -2.34. The summed E-state index contributed by atoms with van der Waals surface area (Å²) < 4.78 is 0. The van der Waals surface area contributed by atoms with Gasteiger partial charge in [-0.1, -0.05) is 200 Å². The highest BCUT2D eigenvalue weighted by atomic mass is 15.1. The Morgan fingerprint density at radius 3 is 1.56 bits per heavy atom. The number of hydrogen-bond acceptors (Lipinski definition) is 1. The van der Waals surface area contributed by atoms with Crippen molar-refractivity contribution < 1.29 is 0 Å². The van der Waals surface area contributed by atoms with E-state index in [9.17, 15) is 0 Å². The van der Waals surface area contributed by atoms with Crippen molar-refractivity contribution in [1.29, 1.82) is 0 Å². The highest BCUT2D eigenvalue weighted by molar-refractivity contribution is 6.04. The van der Waals surface area contributed by atoms with Crippen molar-refractivity contribution in [2.45, 2.75) is 5.41 Å². The summed E-state index contributed by atoms with van der Waals surface area (Å²) in [5.41, 5.74) is 15.3. The number of hydrogen-bond donors (Lipinski definition) is 0.